The van der Waals surface area contributed by atoms with Crippen LogP contribution in [0, 0.1) is 0 Å². The fourth-order valence-electron chi connectivity index (χ4n) is 10.4. The number of nitrogens with zero attached hydrogens (tertiary/aromatic N) is 3. The van der Waals surface area contributed by atoms with E-state index in [4.69, 9.17) is 15.0 Å². The summed E-state index contributed by atoms with van der Waals surface area (Å²) in [4.78, 5) is 18.2. The Morgan fingerprint density at radius 3 is 1.67 bits per heavy atom. The highest BCUT2D eigenvalue weighted by atomic mass is 32.2. The molecule has 1 spiro atoms. The molecule has 1 aliphatic heterocycles. The number of fused-ring (bicyclic) bond motifs is 13. The molecule has 0 saturated carbocycles. The molecular formula is C60H37N3S. The van der Waals surface area contributed by atoms with Crippen LogP contribution in [0.5, 0.6) is 0 Å². The summed E-state index contributed by atoms with van der Waals surface area (Å²) in [5.74, 6) is 0.707. The molecule has 4 heteroatoms. The van der Waals surface area contributed by atoms with Crippen molar-refractivity contribution in [1.82, 2.24) is 15.0 Å². The van der Waals surface area contributed by atoms with Crippen molar-refractivity contribution in [3.05, 3.63) is 247 Å². The van der Waals surface area contributed by atoms with E-state index in [0.717, 1.165) is 61.4 Å². The molecule has 11 aromatic rings. The molecule has 0 atom stereocenters. The number of benzene rings is 9. The Labute approximate surface area is 375 Å². The van der Waals surface area contributed by atoms with Crippen molar-refractivity contribution >= 4 is 33.4 Å². The average Bonchev–Trinajstić information content (AvgIpc) is 3.67. The zero-order chi connectivity index (χ0) is 42.2. The van der Waals surface area contributed by atoms with E-state index in [1.165, 1.54) is 53.9 Å². The quantitative estimate of drug-likeness (QED) is 0.162. The van der Waals surface area contributed by atoms with Crippen molar-refractivity contribution in [3.8, 4) is 67.4 Å². The molecule has 0 unspecified atom stereocenters. The van der Waals surface area contributed by atoms with Crippen molar-refractivity contribution in [2.24, 2.45) is 0 Å². The van der Waals surface area contributed by atoms with Crippen LogP contribution in [-0.4, -0.2) is 15.0 Å². The van der Waals surface area contributed by atoms with E-state index in [1.807, 2.05) is 36.0 Å². The van der Waals surface area contributed by atoms with Crippen LogP contribution in [0.3, 0.4) is 0 Å². The Bertz CT molecular complexity index is 3530. The first-order valence-electron chi connectivity index (χ1n) is 21.8. The van der Waals surface area contributed by atoms with Gasteiger partial charge in [-0.1, -0.05) is 206 Å². The van der Waals surface area contributed by atoms with Crippen LogP contribution in [0.25, 0.3) is 89.1 Å². The summed E-state index contributed by atoms with van der Waals surface area (Å²) in [7, 11) is 0. The molecule has 298 valence electrons. The van der Waals surface area contributed by atoms with Gasteiger partial charge in [-0.15, -0.1) is 0 Å². The first kappa shape index (κ1) is 36.7. The third kappa shape index (κ3) is 5.59. The van der Waals surface area contributed by atoms with Crippen LogP contribution in [0.2, 0.25) is 0 Å². The van der Waals surface area contributed by atoms with Crippen molar-refractivity contribution in [3.63, 3.8) is 0 Å². The van der Waals surface area contributed by atoms with Gasteiger partial charge in [0.25, 0.3) is 0 Å². The first-order valence-corrected chi connectivity index (χ1v) is 22.6. The van der Waals surface area contributed by atoms with Gasteiger partial charge in [0, 0.05) is 48.2 Å². The summed E-state index contributed by atoms with van der Waals surface area (Å²) in [5, 5.41) is 3.57. The molecule has 0 N–H and O–H groups in total. The van der Waals surface area contributed by atoms with Crippen molar-refractivity contribution < 1.29 is 0 Å². The predicted octanol–water partition coefficient (Wildman–Crippen LogP) is 15.3. The number of hydrogen-bond donors (Lipinski definition) is 0. The number of rotatable bonds is 5. The van der Waals surface area contributed by atoms with E-state index in [-0.39, 0.29) is 0 Å². The monoisotopic (exact) mass is 831 g/mol. The van der Waals surface area contributed by atoms with Gasteiger partial charge in [-0.2, -0.15) is 0 Å². The third-order valence-corrected chi connectivity index (χ3v) is 14.3. The van der Waals surface area contributed by atoms with Crippen LogP contribution in [0.15, 0.2) is 234 Å². The van der Waals surface area contributed by atoms with E-state index in [2.05, 4.69) is 200 Å². The van der Waals surface area contributed by atoms with Crippen LogP contribution < -0.4 is 0 Å². The molecule has 0 fully saturated rings. The molecule has 2 aliphatic rings. The SMILES string of the molecule is c1ccc(-c2cc(-c3cccc(-c4ccc(-c5nc6ccccc6c6c7c(ccc56)C5(c6ccccc6Sc6ccccc65)c5ccccc5-7)cc4)c3)nc(-c3ccccc3)n2)cc1. The highest BCUT2D eigenvalue weighted by Gasteiger charge is 2.50. The second kappa shape index (κ2) is 14.6. The average molecular weight is 832 g/mol. The highest BCUT2D eigenvalue weighted by molar-refractivity contribution is 7.99. The van der Waals surface area contributed by atoms with E-state index < -0.39 is 5.41 Å². The number of pyridine rings is 1. The lowest BCUT2D eigenvalue weighted by Gasteiger charge is -2.39. The molecule has 3 heterocycles. The molecule has 3 nitrogen and oxygen atoms in total. The Kier molecular flexibility index (Phi) is 8.37. The summed E-state index contributed by atoms with van der Waals surface area (Å²) in [5.41, 5.74) is 17.6. The molecule has 0 bridgehead atoms. The summed E-state index contributed by atoms with van der Waals surface area (Å²) in [6.45, 7) is 0. The lowest BCUT2D eigenvalue weighted by molar-refractivity contribution is 0.723. The Morgan fingerprint density at radius 2 is 0.922 bits per heavy atom. The van der Waals surface area contributed by atoms with Crippen molar-refractivity contribution in [2.45, 2.75) is 15.2 Å². The summed E-state index contributed by atoms with van der Waals surface area (Å²) in [6.07, 6.45) is 0. The maximum atomic E-state index is 5.44. The maximum Gasteiger partial charge on any atom is 0.160 e. The van der Waals surface area contributed by atoms with Gasteiger partial charge in [0.15, 0.2) is 5.82 Å². The lowest BCUT2D eigenvalue weighted by atomic mass is 9.67. The van der Waals surface area contributed by atoms with Gasteiger partial charge in [0.05, 0.1) is 28.0 Å². The molecule has 9 aromatic carbocycles. The minimum absolute atomic E-state index is 0.447. The van der Waals surface area contributed by atoms with Crippen molar-refractivity contribution in [2.75, 3.05) is 0 Å². The number of hydrogen-bond acceptors (Lipinski definition) is 4. The number of para-hydroxylation sites is 1. The van der Waals surface area contributed by atoms with E-state index in [0.29, 0.717) is 5.82 Å². The fraction of sp³-hybridized carbons (Fsp3) is 0.0167. The van der Waals surface area contributed by atoms with Crippen LogP contribution in [-0.2, 0) is 5.41 Å². The molecule has 0 radical (unpaired) electrons. The largest absolute Gasteiger partial charge is 0.247 e. The Hall–Kier alpha value is -7.92. The lowest BCUT2D eigenvalue weighted by Crippen LogP contribution is -2.31. The van der Waals surface area contributed by atoms with Gasteiger partial charge >= 0.3 is 0 Å². The predicted molar refractivity (Wildman–Crippen MR) is 263 cm³/mol. The van der Waals surface area contributed by atoms with Gasteiger partial charge in [-0.25, -0.2) is 15.0 Å². The number of aromatic nitrogens is 3. The second-order valence-electron chi connectivity index (χ2n) is 16.6. The van der Waals surface area contributed by atoms with Crippen LogP contribution in [0.1, 0.15) is 22.3 Å². The van der Waals surface area contributed by atoms with Crippen LogP contribution in [0.4, 0.5) is 0 Å². The highest BCUT2D eigenvalue weighted by Crippen LogP contribution is 2.63. The van der Waals surface area contributed by atoms with Gasteiger partial charge in [0.1, 0.15) is 0 Å². The van der Waals surface area contributed by atoms with E-state index >= 15 is 0 Å². The van der Waals surface area contributed by atoms with Gasteiger partial charge in [-0.05, 0) is 74.8 Å². The topological polar surface area (TPSA) is 38.7 Å². The molecular weight excluding hydrogens is 795 g/mol. The summed E-state index contributed by atoms with van der Waals surface area (Å²) in [6, 6.07) is 80.8. The van der Waals surface area contributed by atoms with E-state index in [1.54, 1.807) is 0 Å². The molecule has 2 aromatic heterocycles. The first-order chi connectivity index (χ1) is 31.7. The molecule has 1 aliphatic carbocycles. The summed E-state index contributed by atoms with van der Waals surface area (Å²) < 4.78 is 0. The third-order valence-electron chi connectivity index (χ3n) is 13.2. The summed E-state index contributed by atoms with van der Waals surface area (Å²) >= 11 is 1.88. The standard InChI is InChI=1S/C60H37N3S/c1-3-16-39(17-4-1)52-37-53(63-59(62-52)41-18-5-2-6-19-41)43-21-15-20-42(36-43)38-30-32-40(33-31-38)58-46-34-35-50-57(56(46)45-23-8-12-27-51(45)61-58)44-22-7-9-24-47(44)60(50)48-25-10-13-28-54(48)64-55-29-14-11-26-49(55)60/h1-37H. The zero-order valence-corrected chi connectivity index (χ0v) is 35.4. The maximum absolute atomic E-state index is 5.44. The van der Waals surface area contributed by atoms with Gasteiger partial charge in [-0.3, -0.25) is 0 Å². The van der Waals surface area contributed by atoms with Gasteiger partial charge < -0.3 is 0 Å². The van der Waals surface area contributed by atoms with Crippen molar-refractivity contribution in [1.29, 1.82) is 0 Å². The van der Waals surface area contributed by atoms with Gasteiger partial charge in [0.2, 0.25) is 0 Å². The zero-order valence-electron chi connectivity index (χ0n) is 34.6. The molecule has 13 rings (SSSR count). The van der Waals surface area contributed by atoms with Crippen LogP contribution >= 0.6 is 11.8 Å². The smallest absolute Gasteiger partial charge is 0.160 e. The minimum Gasteiger partial charge on any atom is -0.247 e. The Balaban J connectivity index is 0.955. The normalized spacial score (nSPS) is 13.1. The van der Waals surface area contributed by atoms with E-state index in [9.17, 15) is 0 Å². The molecule has 64 heavy (non-hydrogen) atoms. The fourth-order valence-corrected chi connectivity index (χ4v) is 11.5. The second-order valence-corrected chi connectivity index (χ2v) is 17.7. The molecule has 0 amide bonds. The molecule has 0 saturated heterocycles. The Morgan fingerprint density at radius 1 is 0.344 bits per heavy atom. The minimum atomic E-state index is -0.447.